The van der Waals surface area contributed by atoms with Gasteiger partial charge in [-0.1, -0.05) is 195 Å². The van der Waals surface area contributed by atoms with E-state index in [1.807, 2.05) is 0 Å². The number of carbonyl (C=O) groups excluding carboxylic acids is 1. The van der Waals surface area contributed by atoms with Gasteiger partial charge < -0.3 is 39.4 Å². The van der Waals surface area contributed by atoms with Gasteiger partial charge in [-0.05, 0) is 89.9 Å². The third kappa shape index (κ3) is 37.4. The third-order valence-electron chi connectivity index (χ3n) is 11.8. The van der Waals surface area contributed by atoms with Crippen molar-refractivity contribution in [2.45, 2.75) is 243 Å². The van der Waals surface area contributed by atoms with E-state index in [0.717, 1.165) is 89.9 Å². The van der Waals surface area contributed by atoms with Crippen LogP contribution in [0.2, 0.25) is 0 Å². The monoisotopic (exact) mass is 927 g/mol. The number of aliphatic hydroxyl groups is 4. The number of hydrogen-bond donors (Lipinski definition) is 4. The Kier molecular flexibility index (Phi) is 44.1. The molecule has 6 atom stereocenters. The molecule has 9 nitrogen and oxygen atoms in total. The lowest BCUT2D eigenvalue weighted by Crippen LogP contribution is -2.59. The molecule has 6 unspecified atom stereocenters. The summed E-state index contributed by atoms with van der Waals surface area (Å²) in [6.07, 6.45) is 57.6. The molecule has 1 saturated heterocycles. The first-order chi connectivity index (χ1) is 32.4. The van der Waals surface area contributed by atoms with E-state index in [9.17, 15) is 25.2 Å². The molecule has 4 N–H and O–H groups in total. The zero-order chi connectivity index (χ0) is 47.8. The Hall–Kier alpha value is -2.63. The van der Waals surface area contributed by atoms with E-state index in [2.05, 4.69) is 98.9 Å². The quantitative estimate of drug-likeness (QED) is 0.0267. The summed E-state index contributed by atoms with van der Waals surface area (Å²) < 4.78 is 22.9. The van der Waals surface area contributed by atoms with Crippen LogP contribution in [0.25, 0.3) is 0 Å². The molecule has 1 aliphatic heterocycles. The van der Waals surface area contributed by atoms with Crippen molar-refractivity contribution in [3.63, 3.8) is 0 Å². The molecule has 380 valence electrons. The smallest absolute Gasteiger partial charge is 0.306 e. The van der Waals surface area contributed by atoms with Crippen LogP contribution in [0.3, 0.4) is 0 Å². The minimum absolute atomic E-state index is 0.126. The van der Waals surface area contributed by atoms with Crippen LogP contribution in [0.5, 0.6) is 0 Å². The number of unbranched alkanes of at least 4 members (excludes halogenated alkanes) is 20. The second-order valence-electron chi connectivity index (χ2n) is 17.9. The fraction of sp³-hybridized carbons (Fsp3) is 0.737. The van der Waals surface area contributed by atoms with E-state index in [1.54, 1.807) is 0 Å². The van der Waals surface area contributed by atoms with E-state index in [0.29, 0.717) is 13.0 Å². The van der Waals surface area contributed by atoms with E-state index < -0.39 is 43.4 Å². The highest BCUT2D eigenvalue weighted by molar-refractivity contribution is 5.69. The van der Waals surface area contributed by atoms with Crippen LogP contribution in [0.15, 0.2) is 85.1 Å². The molecule has 0 spiro atoms. The molecule has 66 heavy (non-hydrogen) atoms. The number of carbonyl (C=O) groups is 1. The van der Waals surface area contributed by atoms with E-state index >= 15 is 0 Å². The largest absolute Gasteiger partial charge is 0.457 e. The Balaban J connectivity index is 2.21. The Morgan fingerprint density at radius 2 is 0.924 bits per heavy atom. The number of hydrogen-bond acceptors (Lipinski definition) is 9. The Labute approximate surface area is 403 Å². The summed E-state index contributed by atoms with van der Waals surface area (Å²) in [5, 5.41) is 40.3. The van der Waals surface area contributed by atoms with Crippen molar-refractivity contribution in [1.29, 1.82) is 0 Å². The molecule has 0 aromatic carbocycles. The number of aliphatic hydroxyl groups excluding tert-OH is 4. The SMILES string of the molecule is CC/C=C\C/C=C\C/C=C\C/C=C\CCCCCCCOCC(COC1OC(CO)C(O)C(O)C1O)OC(=O)CCCCCCCCCCCC/C=C\C/C=C\C/C=C\CCCCCCC. The lowest BCUT2D eigenvalue weighted by Gasteiger charge is -2.39. The Bertz CT molecular complexity index is 1280. The highest BCUT2D eigenvalue weighted by atomic mass is 16.7. The van der Waals surface area contributed by atoms with Crippen LogP contribution in [-0.2, 0) is 23.7 Å². The van der Waals surface area contributed by atoms with Gasteiger partial charge in [0.05, 0.1) is 19.8 Å². The van der Waals surface area contributed by atoms with Gasteiger partial charge in [-0.2, -0.15) is 0 Å². The summed E-state index contributed by atoms with van der Waals surface area (Å²) in [5.74, 6) is -0.327. The molecule has 0 saturated carbocycles. The lowest BCUT2D eigenvalue weighted by molar-refractivity contribution is -0.305. The molecular weight excluding hydrogens is 829 g/mol. The average molecular weight is 927 g/mol. The zero-order valence-electron chi connectivity index (χ0n) is 41.9. The van der Waals surface area contributed by atoms with E-state index in [4.69, 9.17) is 18.9 Å². The molecule has 0 aromatic heterocycles. The van der Waals surface area contributed by atoms with E-state index in [-0.39, 0.29) is 19.2 Å². The summed E-state index contributed by atoms with van der Waals surface area (Å²) in [7, 11) is 0. The van der Waals surface area contributed by atoms with Crippen LogP contribution in [-0.4, -0.2) is 89.6 Å². The summed E-state index contributed by atoms with van der Waals surface area (Å²) in [4.78, 5) is 12.9. The van der Waals surface area contributed by atoms with Crippen molar-refractivity contribution in [2.24, 2.45) is 0 Å². The van der Waals surface area contributed by atoms with Crippen molar-refractivity contribution in [1.82, 2.24) is 0 Å². The molecular formula is C57H98O9. The predicted octanol–water partition coefficient (Wildman–Crippen LogP) is 13.4. The molecule has 0 amide bonds. The van der Waals surface area contributed by atoms with Crippen LogP contribution in [0, 0.1) is 0 Å². The first-order valence-corrected chi connectivity index (χ1v) is 26.7. The Morgan fingerprint density at radius 1 is 0.500 bits per heavy atom. The van der Waals surface area contributed by atoms with Crippen LogP contribution in [0.1, 0.15) is 206 Å². The van der Waals surface area contributed by atoms with Crippen molar-refractivity contribution in [3.05, 3.63) is 85.1 Å². The van der Waals surface area contributed by atoms with Gasteiger partial charge in [-0.15, -0.1) is 0 Å². The fourth-order valence-corrected chi connectivity index (χ4v) is 7.67. The van der Waals surface area contributed by atoms with Gasteiger partial charge in [0.1, 0.15) is 30.5 Å². The molecule has 0 bridgehead atoms. The summed E-state index contributed by atoms with van der Waals surface area (Å²) in [5.41, 5.74) is 0. The molecule has 0 aromatic rings. The Morgan fingerprint density at radius 3 is 1.39 bits per heavy atom. The van der Waals surface area contributed by atoms with E-state index in [1.165, 1.54) is 96.3 Å². The lowest BCUT2D eigenvalue weighted by atomic mass is 9.99. The van der Waals surface area contributed by atoms with Gasteiger partial charge in [-0.3, -0.25) is 4.79 Å². The summed E-state index contributed by atoms with van der Waals surface area (Å²) in [6.45, 7) is 4.39. The molecule has 1 rings (SSSR count). The minimum Gasteiger partial charge on any atom is -0.457 e. The van der Waals surface area contributed by atoms with Gasteiger partial charge in [0.25, 0.3) is 0 Å². The van der Waals surface area contributed by atoms with Gasteiger partial charge in [-0.25, -0.2) is 0 Å². The normalized spacial score (nSPS) is 20.0. The number of allylic oxidation sites excluding steroid dienone is 14. The standard InChI is InChI=1S/C57H98O9/c1-3-5-7-9-11-13-15-17-19-21-23-24-25-26-27-28-29-30-32-34-36-38-40-42-44-46-53(59)65-51(50-64-57-56(62)55(61)54(60)52(48-58)66-57)49-63-47-45-43-41-39-37-35-33-31-22-20-18-16-14-12-10-8-6-4-2/h6,8,12,14-15,17-18,20-21,23,25-26,31,33,51-52,54-58,60-62H,3-5,7,9-11,13,16,19,22,24,27-30,32,34-50H2,1-2H3/b8-6-,14-12-,17-15-,20-18-,23-21-,26-25-,33-31-. The molecule has 1 heterocycles. The molecule has 0 radical (unpaired) electrons. The summed E-state index contributed by atoms with van der Waals surface area (Å²) >= 11 is 0. The van der Waals surface area contributed by atoms with Gasteiger partial charge in [0, 0.05) is 13.0 Å². The highest BCUT2D eigenvalue weighted by Gasteiger charge is 2.44. The van der Waals surface area contributed by atoms with Crippen LogP contribution < -0.4 is 0 Å². The first-order valence-electron chi connectivity index (χ1n) is 26.7. The van der Waals surface area contributed by atoms with Gasteiger partial charge in [0.2, 0.25) is 0 Å². The highest BCUT2D eigenvalue weighted by Crippen LogP contribution is 2.23. The summed E-state index contributed by atoms with van der Waals surface area (Å²) in [6, 6.07) is 0. The topological polar surface area (TPSA) is 135 Å². The predicted molar refractivity (Wildman–Crippen MR) is 274 cm³/mol. The van der Waals surface area contributed by atoms with Gasteiger partial charge in [0.15, 0.2) is 6.29 Å². The number of ether oxygens (including phenoxy) is 4. The van der Waals surface area contributed by atoms with Gasteiger partial charge >= 0.3 is 5.97 Å². The number of esters is 1. The molecule has 9 heteroatoms. The maximum atomic E-state index is 12.9. The third-order valence-corrected chi connectivity index (χ3v) is 11.8. The fourth-order valence-electron chi connectivity index (χ4n) is 7.67. The minimum atomic E-state index is -1.55. The second-order valence-corrected chi connectivity index (χ2v) is 17.9. The number of rotatable bonds is 45. The van der Waals surface area contributed by atoms with Crippen molar-refractivity contribution < 1.29 is 44.2 Å². The van der Waals surface area contributed by atoms with Crippen LogP contribution >= 0.6 is 0 Å². The molecule has 1 fully saturated rings. The second kappa shape index (κ2) is 47.4. The molecule has 1 aliphatic rings. The first kappa shape index (κ1) is 61.4. The van der Waals surface area contributed by atoms with Crippen molar-refractivity contribution in [2.75, 3.05) is 26.4 Å². The molecule has 0 aliphatic carbocycles. The van der Waals surface area contributed by atoms with Crippen molar-refractivity contribution in [3.8, 4) is 0 Å². The maximum absolute atomic E-state index is 12.9. The maximum Gasteiger partial charge on any atom is 0.306 e. The van der Waals surface area contributed by atoms with Crippen LogP contribution in [0.4, 0.5) is 0 Å². The average Bonchev–Trinajstić information content (AvgIpc) is 3.32. The van der Waals surface area contributed by atoms with Crippen molar-refractivity contribution >= 4 is 5.97 Å². The zero-order valence-corrected chi connectivity index (χ0v) is 41.9.